The van der Waals surface area contributed by atoms with Gasteiger partial charge in [0, 0.05) is 11.8 Å². The number of hydrogen-bond acceptors (Lipinski definition) is 4. The molecular formula is C11H9NO3. The highest BCUT2D eigenvalue weighted by atomic mass is 16.5. The monoisotopic (exact) mass is 203 g/mol. The maximum atomic E-state index is 10.7. The number of methoxy groups -OCH3 is 1. The molecule has 0 spiro atoms. The summed E-state index contributed by atoms with van der Waals surface area (Å²) < 4.78 is 4.41. The van der Waals surface area contributed by atoms with Gasteiger partial charge in [0.25, 0.3) is 0 Å². The molecule has 1 rings (SSSR count). The zero-order valence-corrected chi connectivity index (χ0v) is 8.19. The van der Waals surface area contributed by atoms with Crippen LogP contribution in [0.3, 0.4) is 0 Å². The lowest BCUT2D eigenvalue weighted by Gasteiger charge is -1.93. The molecule has 76 valence electrons. The minimum atomic E-state index is -0.411. The molecule has 0 N–H and O–H groups in total. The Kier molecular flexibility index (Phi) is 4.05. The third-order valence-electron chi connectivity index (χ3n) is 1.63. The molecule has 0 fully saturated rings. The molecule has 0 radical (unpaired) electrons. The summed E-state index contributed by atoms with van der Waals surface area (Å²) in [5.41, 5.74) is 0.784. The Morgan fingerprint density at radius 2 is 2.47 bits per heavy atom. The highest BCUT2D eigenvalue weighted by molar-refractivity contribution is 5.78. The van der Waals surface area contributed by atoms with Crippen LogP contribution in [0.1, 0.15) is 22.5 Å². The van der Waals surface area contributed by atoms with Gasteiger partial charge >= 0.3 is 5.97 Å². The molecule has 0 atom stereocenters. The van der Waals surface area contributed by atoms with E-state index in [1.165, 1.54) is 13.3 Å². The van der Waals surface area contributed by atoms with E-state index >= 15 is 0 Å². The number of pyridine rings is 1. The van der Waals surface area contributed by atoms with Crippen molar-refractivity contribution >= 4 is 12.3 Å². The molecule has 0 aliphatic carbocycles. The van der Waals surface area contributed by atoms with E-state index in [9.17, 15) is 9.59 Å². The molecule has 1 aromatic heterocycles. The predicted octanol–water partition coefficient (Wildman–Crippen LogP) is 0.809. The predicted molar refractivity (Wildman–Crippen MR) is 53.1 cm³/mol. The van der Waals surface area contributed by atoms with E-state index < -0.39 is 5.97 Å². The number of carbonyl (C=O) groups is 2. The van der Waals surface area contributed by atoms with Gasteiger partial charge in [-0.1, -0.05) is 5.92 Å². The first kappa shape index (κ1) is 10.9. The van der Waals surface area contributed by atoms with Crippen LogP contribution in [0.5, 0.6) is 0 Å². The van der Waals surface area contributed by atoms with Gasteiger partial charge < -0.3 is 4.74 Å². The highest BCUT2D eigenvalue weighted by Gasteiger charge is 1.98. The molecule has 0 aliphatic rings. The largest absolute Gasteiger partial charge is 0.468 e. The van der Waals surface area contributed by atoms with E-state index in [-0.39, 0.29) is 6.42 Å². The second-order valence-corrected chi connectivity index (χ2v) is 2.61. The number of rotatable bonds is 2. The molecule has 1 aromatic rings. The summed E-state index contributed by atoms with van der Waals surface area (Å²) in [5.74, 6) is 4.81. The van der Waals surface area contributed by atoms with Gasteiger partial charge in [0.15, 0.2) is 6.29 Å². The van der Waals surface area contributed by atoms with E-state index in [0.717, 1.165) is 0 Å². The molecule has 0 unspecified atom stereocenters. The lowest BCUT2D eigenvalue weighted by molar-refractivity contribution is -0.139. The highest BCUT2D eigenvalue weighted by Crippen LogP contribution is 1.99. The van der Waals surface area contributed by atoms with E-state index in [1.54, 1.807) is 12.1 Å². The first-order valence-electron chi connectivity index (χ1n) is 4.24. The number of aromatic nitrogens is 1. The van der Waals surface area contributed by atoms with Crippen LogP contribution >= 0.6 is 0 Å². The summed E-state index contributed by atoms with van der Waals surface area (Å²) >= 11 is 0. The van der Waals surface area contributed by atoms with Crippen molar-refractivity contribution in [3.8, 4) is 11.8 Å². The lowest BCUT2D eigenvalue weighted by atomic mass is 10.2. The van der Waals surface area contributed by atoms with Gasteiger partial charge in [-0.15, -0.1) is 0 Å². The van der Waals surface area contributed by atoms with Crippen LogP contribution in [0.4, 0.5) is 0 Å². The van der Waals surface area contributed by atoms with Crippen molar-refractivity contribution in [2.45, 2.75) is 6.42 Å². The minimum Gasteiger partial charge on any atom is -0.468 e. The minimum absolute atomic E-state index is 0.00856. The van der Waals surface area contributed by atoms with E-state index in [1.807, 2.05) is 0 Å². The lowest BCUT2D eigenvalue weighted by Crippen LogP contribution is -1.97. The number of ether oxygens (including phenoxy) is 1. The fraction of sp³-hybridized carbons (Fsp3) is 0.182. The SMILES string of the molecule is COC(=O)CC#Cc1ncccc1C=O. The molecule has 0 bridgehead atoms. The average molecular weight is 203 g/mol. The van der Waals surface area contributed by atoms with E-state index in [4.69, 9.17) is 0 Å². The van der Waals surface area contributed by atoms with Crippen LogP contribution in [0, 0.1) is 11.8 Å². The molecular weight excluding hydrogens is 194 g/mol. The van der Waals surface area contributed by atoms with E-state index in [2.05, 4.69) is 21.6 Å². The van der Waals surface area contributed by atoms with Crippen molar-refractivity contribution in [3.05, 3.63) is 29.6 Å². The van der Waals surface area contributed by atoms with Crippen molar-refractivity contribution in [1.29, 1.82) is 0 Å². The van der Waals surface area contributed by atoms with Crippen molar-refractivity contribution in [2.75, 3.05) is 7.11 Å². The number of carbonyl (C=O) groups excluding carboxylic acids is 2. The van der Waals surface area contributed by atoms with Crippen LogP contribution in [0.25, 0.3) is 0 Å². The number of esters is 1. The summed E-state index contributed by atoms with van der Waals surface area (Å²) in [7, 11) is 1.29. The van der Waals surface area contributed by atoms with Crippen molar-refractivity contribution in [2.24, 2.45) is 0 Å². The third-order valence-corrected chi connectivity index (χ3v) is 1.63. The smallest absolute Gasteiger partial charge is 0.317 e. The Balaban J connectivity index is 2.79. The molecule has 0 aliphatic heterocycles. The Morgan fingerprint density at radius 1 is 1.67 bits per heavy atom. The van der Waals surface area contributed by atoms with Crippen LogP contribution < -0.4 is 0 Å². The Hall–Kier alpha value is -2.15. The second-order valence-electron chi connectivity index (χ2n) is 2.61. The Labute approximate surface area is 87.3 Å². The van der Waals surface area contributed by atoms with Crippen LogP contribution in [0.15, 0.2) is 18.3 Å². The summed E-state index contributed by atoms with van der Waals surface area (Å²) in [6.45, 7) is 0. The van der Waals surface area contributed by atoms with Crippen LogP contribution in [-0.2, 0) is 9.53 Å². The molecule has 1 heterocycles. The number of nitrogens with zero attached hydrogens (tertiary/aromatic N) is 1. The summed E-state index contributed by atoms with van der Waals surface area (Å²) in [6.07, 6.45) is 2.20. The molecule has 4 nitrogen and oxygen atoms in total. The molecule has 0 saturated carbocycles. The maximum absolute atomic E-state index is 10.7. The Bertz CT molecular complexity index is 429. The number of aldehydes is 1. The third kappa shape index (κ3) is 3.24. The Morgan fingerprint density at radius 3 is 3.13 bits per heavy atom. The van der Waals surface area contributed by atoms with Gasteiger partial charge in [-0.25, -0.2) is 4.98 Å². The van der Waals surface area contributed by atoms with Crippen LogP contribution in [-0.4, -0.2) is 24.3 Å². The first-order valence-corrected chi connectivity index (χ1v) is 4.24. The van der Waals surface area contributed by atoms with Crippen molar-refractivity contribution in [3.63, 3.8) is 0 Å². The zero-order valence-electron chi connectivity index (χ0n) is 8.19. The van der Waals surface area contributed by atoms with Gasteiger partial charge in [0.1, 0.15) is 12.1 Å². The van der Waals surface area contributed by atoms with E-state index in [0.29, 0.717) is 17.5 Å². The normalized spacial score (nSPS) is 8.60. The molecule has 4 heteroatoms. The van der Waals surface area contributed by atoms with Gasteiger partial charge in [-0.3, -0.25) is 9.59 Å². The zero-order chi connectivity index (χ0) is 11.1. The number of hydrogen-bond donors (Lipinski definition) is 0. The van der Waals surface area contributed by atoms with Gasteiger partial charge in [-0.2, -0.15) is 0 Å². The van der Waals surface area contributed by atoms with Crippen LogP contribution in [0.2, 0.25) is 0 Å². The average Bonchev–Trinajstić information content (AvgIpc) is 2.29. The summed E-state index contributed by atoms with van der Waals surface area (Å²) in [6, 6.07) is 3.26. The molecule has 0 amide bonds. The second kappa shape index (κ2) is 5.55. The molecule has 0 saturated heterocycles. The van der Waals surface area contributed by atoms with Crippen molar-refractivity contribution < 1.29 is 14.3 Å². The standard InChI is InChI=1S/C11H9NO3/c1-15-11(14)6-2-5-10-9(8-13)4-3-7-12-10/h3-4,7-8H,6H2,1H3. The molecule has 0 aromatic carbocycles. The van der Waals surface area contributed by atoms with Gasteiger partial charge in [-0.05, 0) is 18.1 Å². The summed E-state index contributed by atoms with van der Waals surface area (Å²) in [5, 5.41) is 0. The topological polar surface area (TPSA) is 56.3 Å². The molecule has 15 heavy (non-hydrogen) atoms. The van der Waals surface area contributed by atoms with Crippen molar-refractivity contribution in [1.82, 2.24) is 4.98 Å². The fourth-order valence-electron chi connectivity index (χ4n) is 0.890. The maximum Gasteiger partial charge on any atom is 0.317 e. The fourth-order valence-corrected chi connectivity index (χ4v) is 0.890. The quantitative estimate of drug-likeness (QED) is 0.405. The first-order chi connectivity index (χ1) is 7.27. The van der Waals surface area contributed by atoms with Gasteiger partial charge in [0.05, 0.1) is 7.11 Å². The van der Waals surface area contributed by atoms with Gasteiger partial charge in [0.2, 0.25) is 0 Å². The summed E-state index contributed by atoms with van der Waals surface area (Å²) in [4.78, 5) is 25.2.